The van der Waals surface area contributed by atoms with Gasteiger partial charge in [0.05, 0.1) is 11.4 Å². The summed E-state index contributed by atoms with van der Waals surface area (Å²) in [4.78, 5) is 25.9. The second-order valence-corrected chi connectivity index (χ2v) is 9.57. The molecule has 1 aliphatic heterocycles. The molecule has 1 aliphatic carbocycles. The zero-order valence-electron chi connectivity index (χ0n) is 19.6. The van der Waals surface area contributed by atoms with Gasteiger partial charge in [-0.05, 0) is 61.2 Å². The molecule has 0 saturated heterocycles. The fourth-order valence-corrected chi connectivity index (χ4v) is 4.80. The molecule has 3 aromatic heterocycles. The maximum absolute atomic E-state index is 13.7. The van der Waals surface area contributed by atoms with Gasteiger partial charge in [-0.25, -0.2) is 14.3 Å². The number of fused-ring (bicyclic) bond motifs is 2. The van der Waals surface area contributed by atoms with Gasteiger partial charge in [-0.2, -0.15) is 18.2 Å². The van der Waals surface area contributed by atoms with E-state index in [4.69, 9.17) is 0 Å². The summed E-state index contributed by atoms with van der Waals surface area (Å²) in [5.41, 5.74) is 2.19. The van der Waals surface area contributed by atoms with Crippen LogP contribution in [0.2, 0.25) is 0 Å². The Morgan fingerprint density at radius 1 is 1.11 bits per heavy atom. The molecule has 4 heterocycles. The van der Waals surface area contributed by atoms with E-state index in [0.717, 1.165) is 35.4 Å². The van der Waals surface area contributed by atoms with E-state index in [9.17, 15) is 22.4 Å². The Balaban J connectivity index is 1.46. The van der Waals surface area contributed by atoms with Gasteiger partial charge in [0.1, 0.15) is 18.6 Å². The van der Waals surface area contributed by atoms with Crippen LogP contribution in [0.25, 0.3) is 16.7 Å². The normalized spacial score (nSPS) is 16.5. The molecule has 37 heavy (non-hydrogen) atoms. The summed E-state index contributed by atoms with van der Waals surface area (Å²) in [6.45, 7) is -0.489. The van der Waals surface area contributed by atoms with Gasteiger partial charge in [0.25, 0.3) is 5.56 Å². The lowest BCUT2D eigenvalue weighted by atomic mass is 10.0. The molecule has 8 nitrogen and oxygen atoms in total. The van der Waals surface area contributed by atoms with Gasteiger partial charge >= 0.3 is 6.18 Å². The van der Waals surface area contributed by atoms with Crippen molar-refractivity contribution < 1.29 is 17.6 Å². The zero-order valence-corrected chi connectivity index (χ0v) is 19.6. The monoisotopic (exact) mass is 513 g/mol. The first-order valence-corrected chi connectivity index (χ1v) is 11.9. The third-order valence-corrected chi connectivity index (χ3v) is 6.99. The standard InChI is InChI=1S/C25H23F4N7O/c26-13-24(5-6-24)20-10-18(4-8-31-20)36-21-19(22(37)35(36)14-25(27,28)29)12-32-23(34-21)33-17-2-1-15-3-7-30-11-16(15)9-17/h1-2,4,8-10,12,30H,3,5-7,11,13-14H2,(H,32,33,34). The molecule has 0 amide bonds. The molecule has 0 unspecified atom stereocenters. The van der Waals surface area contributed by atoms with Crippen LogP contribution in [-0.4, -0.2) is 43.7 Å². The molecule has 0 atom stereocenters. The van der Waals surface area contributed by atoms with E-state index in [-0.39, 0.29) is 22.7 Å². The van der Waals surface area contributed by atoms with E-state index in [1.165, 1.54) is 30.1 Å². The summed E-state index contributed by atoms with van der Waals surface area (Å²) in [7, 11) is 0. The van der Waals surface area contributed by atoms with Crippen molar-refractivity contribution in [2.45, 2.75) is 43.9 Å². The van der Waals surface area contributed by atoms with Gasteiger partial charge in [0.2, 0.25) is 5.95 Å². The van der Waals surface area contributed by atoms with E-state index < -0.39 is 30.4 Å². The number of anilines is 2. The second-order valence-electron chi connectivity index (χ2n) is 9.57. The highest BCUT2D eigenvalue weighted by atomic mass is 19.4. The van der Waals surface area contributed by atoms with Crippen LogP contribution in [0, 0.1) is 0 Å². The average molecular weight is 513 g/mol. The van der Waals surface area contributed by atoms with Crippen LogP contribution in [0.5, 0.6) is 0 Å². The summed E-state index contributed by atoms with van der Waals surface area (Å²) < 4.78 is 55.9. The fraction of sp³-hybridized carbons (Fsp3) is 0.360. The van der Waals surface area contributed by atoms with Crippen molar-refractivity contribution >= 4 is 22.7 Å². The Labute approximate surface area is 208 Å². The Kier molecular flexibility index (Phi) is 5.51. The lowest BCUT2D eigenvalue weighted by Crippen LogP contribution is -2.30. The van der Waals surface area contributed by atoms with Crippen molar-refractivity contribution in [1.29, 1.82) is 0 Å². The molecule has 192 valence electrons. The number of rotatable bonds is 6. The van der Waals surface area contributed by atoms with Crippen molar-refractivity contribution in [3.63, 3.8) is 0 Å². The third kappa shape index (κ3) is 4.35. The van der Waals surface area contributed by atoms with Crippen LogP contribution in [0.4, 0.5) is 29.2 Å². The van der Waals surface area contributed by atoms with Crippen LogP contribution in [0.15, 0.2) is 47.5 Å². The predicted molar refractivity (Wildman–Crippen MR) is 129 cm³/mol. The summed E-state index contributed by atoms with van der Waals surface area (Å²) >= 11 is 0. The van der Waals surface area contributed by atoms with Crippen LogP contribution >= 0.6 is 0 Å². The highest BCUT2D eigenvalue weighted by Gasteiger charge is 2.46. The third-order valence-electron chi connectivity index (χ3n) is 6.99. The van der Waals surface area contributed by atoms with Crippen LogP contribution < -0.4 is 16.2 Å². The number of pyridine rings is 1. The van der Waals surface area contributed by atoms with Crippen molar-refractivity contribution in [2.75, 3.05) is 18.5 Å². The molecule has 12 heteroatoms. The molecule has 0 spiro atoms. The molecule has 1 aromatic carbocycles. The molecule has 1 saturated carbocycles. The minimum Gasteiger partial charge on any atom is -0.324 e. The average Bonchev–Trinajstić information content (AvgIpc) is 3.64. The van der Waals surface area contributed by atoms with E-state index >= 15 is 0 Å². The van der Waals surface area contributed by atoms with Crippen LogP contribution in [0.1, 0.15) is 29.7 Å². The first-order chi connectivity index (χ1) is 17.8. The molecule has 1 fully saturated rings. The summed E-state index contributed by atoms with van der Waals surface area (Å²) in [5, 5.41) is 6.35. The summed E-state index contributed by atoms with van der Waals surface area (Å²) in [6.07, 6.45) is 0.115. The Morgan fingerprint density at radius 3 is 2.70 bits per heavy atom. The van der Waals surface area contributed by atoms with E-state index in [2.05, 4.69) is 25.6 Å². The SMILES string of the molecule is O=c1c2cnc(Nc3ccc4c(c3)CNCC4)nc2n(-c2ccnc(C3(CF)CC3)c2)n1CC(F)(F)F. The maximum Gasteiger partial charge on any atom is 0.408 e. The Bertz CT molecular complexity index is 1560. The van der Waals surface area contributed by atoms with Crippen molar-refractivity contribution in [1.82, 2.24) is 29.6 Å². The largest absolute Gasteiger partial charge is 0.408 e. The van der Waals surface area contributed by atoms with Crippen LogP contribution in [0.3, 0.4) is 0 Å². The molecule has 0 radical (unpaired) electrons. The molecular formula is C25H23F4N7O. The Morgan fingerprint density at radius 2 is 1.95 bits per heavy atom. The highest BCUT2D eigenvalue weighted by molar-refractivity contribution is 5.77. The lowest BCUT2D eigenvalue weighted by molar-refractivity contribution is -0.144. The number of alkyl halides is 4. The summed E-state index contributed by atoms with van der Waals surface area (Å²) in [5.74, 6) is 0.130. The highest BCUT2D eigenvalue weighted by Crippen LogP contribution is 2.48. The summed E-state index contributed by atoms with van der Waals surface area (Å²) in [6, 6.07) is 8.89. The molecular weight excluding hydrogens is 490 g/mol. The van der Waals surface area contributed by atoms with Crippen molar-refractivity contribution in [2.24, 2.45) is 0 Å². The van der Waals surface area contributed by atoms with Gasteiger partial charge in [0.15, 0.2) is 5.65 Å². The smallest absolute Gasteiger partial charge is 0.324 e. The molecule has 6 rings (SSSR count). The Hall–Kier alpha value is -3.80. The first kappa shape index (κ1) is 23.6. The predicted octanol–water partition coefficient (Wildman–Crippen LogP) is 3.93. The minimum atomic E-state index is -4.66. The van der Waals surface area contributed by atoms with E-state index in [1.807, 2.05) is 18.2 Å². The van der Waals surface area contributed by atoms with Gasteiger partial charge in [-0.15, -0.1) is 0 Å². The molecule has 2 aliphatic rings. The second kappa shape index (κ2) is 8.65. The molecule has 4 aromatic rings. The van der Waals surface area contributed by atoms with Gasteiger partial charge < -0.3 is 10.6 Å². The number of hydrogen-bond donors (Lipinski definition) is 2. The lowest BCUT2D eigenvalue weighted by Gasteiger charge is -2.18. The minimum absolute atomic E-state index is 0.00798. The number of halogens is 4. The number of nitrogens with zero attached hydrogens (tertiary/aromatic N) is 5. The number of aromatic nitrogens is 5. The maximum atomic E-state index is 13.7. The molecule has 2 N–H and O–H groups in total. The molecule has 0 bridgehead atoms. The van der Waals surface area contributed by atoms with Crippen molar-refractivity contribution in [3.8, 4) is 5.69 Å². The zero-order chi connectivity index (χ0) is 25.8. The quantitative estimate of drug-likeness (QED) is 0.380. The van der Waals surface area contributed by atoms with Gasteiger partial charge in [0, 0.05) is 30.0 Å². The van der Waals surface area contributed by atoms with Gasteiger partial charge in [-0.3, -0.25) is 14.2 Å². The number of nitrogens with one attached hydrogen (secondary N) is 2. The topological polar surface area (TPSA) is 89.7 Å². The van der Waals surface area contributed by atoms with Crippen LogP contribution in [-0.2, 0) is 24.9 Å². The fourth-order valence-electron chi connectivity index (χ4n) is 4.80. The van der Waals surface area contributed by atoms with E-state index in [1.54, 1.807) is 0 Å². The number of hydrogen-bond acceptors (Lipinski definition) is 6. The van der Waals surface area contributed by atoms with E-state index in [0.29, 0.717) is 23.2 Å². The van der Waals surface area contributed by atoms with Gasteiger partial charge in [-0.1, -0.05) is 6.07 Å². The van der Waals surface area contributed by atoms with Crippen molar-refractivity contribution in [3.05, 3.63) is 69.9 Å². The first-order valence-electron chi connectivity index (χ1n) is 11.9. The number of benzene rings is 1.